The lowest BCUT2D eigenvalue weighted by Gasteiger charge is -2.21. The van der Waals surface area contributed by atoms with Crippen LogP contribution in [0.2, 0.25) is 0 Å². The number of benzene rings is 2. The van der Waals surface area contributed by atoms with Gasteiger partial charge in [-0.05, 0) is 48.9 Å². The monoisotopic (exact) mass is 313 g/mol. The normalized spacial score (nSPS) is 14.0. The van der Waals surface area contributed by atoms with Crippen LogP contribution < -0.4 is 19.5 Å². The fourth-order valence-corrected chi connectivity index (χ4v) is 2.43. The van der Waals surface area contributed by atoms with Gasteiger partial charge in [0.2, 0.25) is 0 Å². The molecule has 0 aliphatic carbocycles. The number of hydrogen-bond acceptors (Lipinski definition) is 4. The molecule has 0 unspecified atom stereocenters. The summed E-state index contributed by atoms with van der Waals surface area (Å²) in [5.41, 5.74) is 1.56. The molecule has 2 aromatic rings. The zero-order valence-corrected chi connectivity index (χ0v) is 13.2. The molecule has 2 aromatic carbocycles. The maximum absolute atomic E-state index is 12.3. The molecule has 120 valence electrons. The minimum Gasteiger partial charge on any atom is -0.497 e. The number of nitrogens with one attached hydrogen (secondary N) is 1. The van der Waals surface area contributed by atoms with Gasteiger partial charge >= 0.3 is 0 Å². The van der Waals surface area contributed by atoms with Crippen LogP contribution in [0, 0.1) is 0 Å². The summed E-state index contributed by atoms with van der Waals surface area (Å²) >= 11 is 0. The Labute approximate surface area is 135 Å². The molecule has 0 radical (unpaired) electrons. The zero-order valence-electron chi connectivity index (χ0n) is 13.2. The van der Waals surface area contributed by atoms with Crippen molar-refractivity contribution in [2.75, 3.05) is 20.3 Å². The molecule has 0 fully saturated rings. The Balaban J connectivity index is 1.70. The van der Waals surface area contributed by atoms with Crippen molar-refractivity contribution in [2.45, 2.75) is 13.0 Å². The highest BCUT2D eigenvalue weighted by Gasteiger charge is 2.16. The number of amides is 1. The van der Waals surface area contributed by atoms with Crippen LogP contribution in [0.3, 0.4) is 0 Å². The molecule has 0 spiro atoms. The fraction of sp³-hybridized carbons (Fsp3) is 0.278. The van der Waals surface area contributed by atoms with Crippen molar-refractivity contribution in [1.29, 1.82) is 0 Å². The first-order valence-corrected chi connectivity index (χ1v) is 7.52. The quantitative estimate of drug-likeness (QED) is 0.943. The predicted molar refractivity (Wildman–Crippen MR) is 86.3 cm³/mol. The molecule has 0 bridgehead atoms. The topological polar surface area (TPSA) is 56.8 Å². The average molecular weight is 313 g/mol. The van der Waals surface area contributed by atoms with E-state index >= 15 is 0 Å². The van der Waals surface area contributed by atoms with E-state index in [-0.39, 0.29) is 11.9 Å². The van der Waals surface area contributed by atoms with Crippen molar-refractivity contribution in [1.82, 2.24) is 5.32 Å². The van der Waals surface area contributed by atoms with E-state index in [0.29, 0.717) is 18.8 Å². The molecular weight excluding hydrogens is 294 g/mol. The highest BCUT2D eigenvalue weighted by atomic mass is 16.6. The molecule has 23 heavy (non-hydrogen) atoms. The van der Waals surface area contributed by atoms with Gasteiger partial charge in [-0.25, -0.2) is 0 Å². The SMILES string of the molecule is COc1ccc(C(=O)N[C@@H](C)c2ccc3c(c2)OCCO3)cc1. The van der Waals surface area contributed by atoms with Crippen LogP contribution in [0.25, 0.3) is 0 Å². The van der Waals surface area contributed by atoms with Gasteiger partial charge in [0.1, 0.15) is 19.0 Å². The van der Waals surface area contributed by atoms with Gasteiger partial charge in [-0.1, -0.05) is 6.07 Å². The lowest BCUT2D eigenvalue weighted by atomic mass is 10.1. The first-order valence-electron chi connectivity index (χ1n) is 7.52. The van der Waals surface area contributed by atoms with Crippen LogP contribution in [0.1, 0.15) is 28.9 Å². The van der Waals surface area contributed by atoms with E-state index in [2.05, 4.69) is 5.32 Å². The van der Waals surface area contributed by atoms with Crippen LogP contribution in [-0.4, -0.2) is 26.2 Å². The lowest BCUT2D eigenvalue weighted by Crippen LogP contribution is -2.26. The summed E-state index contributed by atoms with van der Waals surface area (Å²) in [5, 5.41) is 2.98. The third-order valence-electron chi connectivity index (χ3n) is 3.77. The number of methoxy groups -OCH3 is 1. The summed E-state index contributed by atoms with van der Waals surface area (Å²) in [7, 11) is 1.60. The Hall–Kier alpha value is -2.69. The minimum absolute atomic E-state index is 0.130. The Kier molecular flexibility index (Phi) is 4.37. The van der Waals surface area contributed by atoms with E-state index in [9.17, 15) is 4.79 Å². The molecule has 0 saturated heterocycles. The summed E-state index contributed by atoms with van der Waals surface area (Å²) in [6.45, 7) is 3.05. The summed E-state index contributed by atoms with van der Waals surface area (Å²) in [6.07, 6.45) is 0. The van der Waals surface area contributed by atoms with Crippen molar-refractivity contribution in [2.24, 2.45) is 0 Å². The largest absolute Gasteiger partial charge is 0.497 e. The molecule has 1 aliphatic rings. The van der Waals surface area contributed by atoms with Crippen LogP contribution in [0.5, 0.6) is 17.2 Å². The van der Waals surface area contributed by atoms with Gasteiger partial charge in [0.05, 0.1) is 13.2 Å². The van der Waals surface area contributed by atoms with Crippen molar-refractivity contribution in [3.8, 4) is 17.2 Å². The number of carbonyl (C=O) groups excluding carboxylic acids is 1. The fourth-order valence-electron chi connectivity index (χ4n) is 2.43. The molecule has 5 nitrogen and oxygen atoms in total. The van der Waals surface area contributed by atoms with Crippen molar-refractivity contribution >= 4 is 5.91 Å². The van der Waals surface area contributed by atoms with Gasteiger partial charge in [0.25, 0.3) is 5.91 Å². The molecular formula is C18H19NO4. The minimum atomic E-state index is -0.138. The second-order valence-corrected chi connectivity index (χ2v) is 5.33. The van der Waals surface area contributed by atoms with Gasteiger partial charge in [-0.15, -0.1) is 0 Å². The van der Waals surface area contributed by atoms with Crippen LogP contribution in [0.4, 0.5) is 0 Å². The standard InChI is InChI=1S/C18H19NO4/c1-12(14-5-8-16-17(11-14)23-10-9-22-16)19-18(20)13-3-6-15(21-2)7-4-13/h3-8,11-12H,9-10H2,1-2H3,(H,19,20)/t12-/m0/s1. The molecule has 1 amide bonds. The highest BCUT2D eigenvalue weighted by molar-refractivity contribution is 5.94. The van der Waals surface area contributed by atoms with Crippen LogP contribution in [-0.2, 0) is 0 Å². The van der Waals surface area contributed by atoms with E-state index in [1.807, 2.05) is 25.1 Å². The van der Waals surface area contributed by atoms with Crippen LogP contribution >= 0.6 is 0 Å². The molecule has 1 N–H and O–H groups in total. The van der Waals surface area contributed by atoms with Crippen molar-refractivity contribution in [3.05, 3.63) is 53.6 Å². The second kappa shape index (κ2) is 6.60. The summed E-state index contributed by atoms with van der Waals surface area (Å²) < 4.78 is 16.2. The predicted octanol–water partition coefficient (Wildman–Crippen LogP) is 2.96. The van der Waals surface area contributed by atoms with Crippen molar-refractivity contribution in [3.63, 3.8) is 0 Å². The number of carbonyl (C=O) groups is 1. The Morgan fingerprint density at radius 3 is 2.48 bits per heavy atom. The number of ether oxygens (including phenoxy) is 3. The number of fused-ring (bicyclic) bond motifs is 1. The number of hydrogen-bond donors (Lipinski definition) is 1. The van der Waals surface area contributed by atoms with Gasteiger partial charge < -0.3 is 19.5 Å². The van der Waals surface area contributed by atoms with Gasteiger partial charge in [0.15, 0.2) is 11.5 Å². The van der Waals surface area contributed by atoms with E-state index in [1.165, 1.54) is 0 Å². The molecule has 1 aliphatic heterocycles. The van der Waals surface area contributed by atoms with Gasteiger partial charge in [-0.2, -0.15) is 0 Å². The first-order chi connectivity index (χ1) is 11.2. The third kappa shape index (κ3) is 3.39. The summed E-state index contributed by atoms with van der Waals surface area (Å²) in [5.74, 6) is 2.06. The molecule has 0 saturated carbocycles. The Bertz CT molecular complexity index is 697. The highest BCUT2D eigenvalue weighted by Crippen LogP contribution is 2.32. The van der Waals surface area contributed by atoms with Gasteiger partial charge in [-0.3, -0.25) is 4.79 Å². The van der Waals surface area contributed by atoms with E-state index in [4.69, 9.17) is 14.2 Å². The molecule has 1 atom stereocenters. The molecule has 3 rings (SSSR count). The van der Waals surface area contributed by atoms with Crippen LogP contribution in [0.15, 0.2) is 42.5 Å². The van der Waals surface area contributed by atoms with Gasteiger partial charge in [0, 0.05) is 5.56 Å². The molecule has 5 heteroatoms. The summed E-state index contributed by atoms with van der Waals surface area (Å²) in [4.78, 5) is 12.3. The average Bonchev–Trinajstić information content (AvgIpc) is 2.61. The molecule has 1 heterocycles. The number of rotatable bonds is 4. The smallest absolute Gasteiger partial charge is 0.251 e. The Morgan fingerprint density at radius 1 is 1.09 bits per heavy atom. The lowest BCUT2D eigenvalue weighted by molar-refractivity contribution is 0.0939. The first kappa shape index (κ1) is 15.2. The maximum atomic E-state index is 12.3. The zero-order chi connectivity index (χ0) is 16.2. The van der Waals surface area contributed by atoms with E-state index < -0.39 is 0 Å². The van der Waals surface area contributed by atoms with E-state index in [0.717, 1.165) is 22.8 Å². The van der Waals surface area contributed by atoms with Crippen molar-refractivity contribution < 1.29 is 19.0 Å². The third-order valence-corrected chi connectivity index (χ3v) is 3.77. The van der Waals surface area contributed by atoms with E-state index in [1.54, 1.807) is 31.4 Å². The molecule has 0 aromatic heterocycles. The second-order valence-electron chi connectivity index (χ2n) is 5.33. The Morgan fingerprint density at radius 2 is 1.78 bits per heavy atom. The summed E-state index contributed by atoms with van der Waals surface area (Å²) in [6, 6.07) is 12.6. The maximum Gasteiger partial charge on any atom is 0.251 e.